The Morgan fingerprint density at radius 3 is 2.47 bits per heavy atom. The fourth-order valence-corrected chi connectivity index (χ4v) is 9.00. The Bertz CT molecular complexity index is 825. The van der Waals surface area contributed by atoms with Gasteiger partial charge in [0.15, 0.2) is 0 Å². The largest absolute Gasteiger partial charge is 0.481 e. The molecular weight excluding hydrogens is 398 g/mol. The maximum Gasteiger partial charge on any atom is 0.307 e. The van der Waals surface area contributed by atoms with E-state index in [2.05, 4.69) is 31.7 Å². The molecule has 4 nitrogen and oxygen atoms in total. The summed E-state index contributed by atoms with van der Waals surface area (Å²) < 4.78 is 0. The van der Waals surface area contributed by atoms with E-state index in [1.807, 2.05) is 0 Å². The highest BCUT2D eigenvalue weighted by Gasteiger charge is 2.60. The molecule has 0 aromatic heterocycles. The maximum absolute atomic E-state index is 11.9. The van der Waals surface area contributed by atoms with E-state index >= 15 is 0 Å². The van der Waals surface area contributed by atoms with E-state index in [9.17, 15) is 15.0 Å². The van der Waals surface area contributed by atoms with Crippen molar-refractivity contribution in [3.05, 3.63) is 22.9 Å². The van der Waals surface area contributed by atoms with Gasteiger partial charge in [0.05, 0.1) is 12.5 Å². The molecule has 4 aliphatic carbocycles. The number of hydrogen-bond donors (Lipinski definition) is 2. The zero-order chi connectivity index (χ0) is 22.7. The van der Waals surface area contributed by atoms with Crippen LogP contribution in [0.25, 0.3) is 0 Å². The molecule has 3 fully saturated rings. The van der Waals surface area contributed by atoms with Gasteiger partial charge < -0.3 is 15.1 Å². The van der Waals surface area contributed by atoms with Crippen LogP contribution in [0, 0.1) is 34.5 Å². The molecule has 178 valence electrons. The third kappa shape index (κ3) is 3.38. The first-order valence-corrected chi connectivity index (χ1v) is 13.4. The van der Waals surface area contributed by atoms with Crippen molar-refractivity contribution in [1.29, 1.82) is 0 Å². The Labute approximate surface area is 194 Å². The lowest BCUT2D eigenvalue weighted by molar-refractivity contribution is -0.136. The first-order chi connectivity index (χ1) is 15.3. The van der Waals surface area contributed by atoms with Crippen LogP contribution in [0.3, 0.4) is 0 Å². The summed E-state index contributed by atoms with van der Waals surface area (Å²) in [7, 11) is 0. The van der Waals surface area contributed by atoms with Crippen LogP contribution < -0.4 is 0 Å². The molecule has 1 aliphatic heterocycles. The number of aliphatic hydroxyl groups excluding tert-OH is 1. The third-order valence-corrected chi connectivity index (χ3v) is 10.5. The Hall–Kier alpha value is -1.29. The van der Waals surface area contributed by atoms with Crippen LogP contribution >= 0.6 is 0 Å². The Kier molecular flexibility index (Phi) is 5.75. The van der Waals surface area contributed by atoms with Crippen molar-refractivity contribution in [3.8, 4) is 0 Å². The number of aliphatic carboxylic acids is 1. The molecule has 0 radical (unpaired) electrons. The van der Waals surface area contributed by atoms with Crippen LogP contribution in [-0.2, 0) is 4.79 Å². The van der Waals surface area contributed by atoms with Gasteiger partial charge in [-0.3, -0.25) is 4.79 Å². The average molecular weight is 442 g/mol. The highest BCUT2D eigenvalue weighted by molar-refractivity contribution is 5.70. The first-order valence-electron chi connectivity index (χ1n) is 13.4. The highest BCUT2D eigenvalue weighted by Crippen LogP contribution is 2.68. The van der Waals surface area contributed by atoms with Crippen LogP contribution in [0.5, 0.6) is 0 Å². The molecule has 4 heteroatoms. The summed E-state index contributed by atoms with van der Waals surface area (Å²) in [5, 5.41) is 20.2. The molecule has 0 bridgehead atoms. The number of aliphatic hydroxyl groups is 1. The van der Waals surface area contributed by atoms with Gasteiger partial charge >= 0.3 is 5.97 Å². The molecule has 0 aromatic carbocycles. The number of carboxylic acid groups (broad SMARTS) is 1. The number of carbonyl (C=O) groups is 1. The molecule has 0 unspecified atom stereocenters. The topological polar surface area (TPSA) is 60.8 Å². The SMILES string of the molecule is CC[C@H]1C=C2C[C@@H](O)CC[C@]2(C)[C@H]2CC[C@]3(C)C(N4CCCCC4)=C(CC(=O)O)C[C@H]3[C@H]12. The quantitative estimate of drug-likeness (QED) is 0.544. The summed E-state index contributed by atoms with van der Waals surface area (Å²) in [6.45, 7) is 9.52. The Balaban J connectivity index is 1.54. The summed E-state index contributed by atoms with van der Waals surface area (Å²) in [6, 6.07) is 0. The number of rotatable bonds is 4. The van der Waals surface area contributed by atoms with Crippen LogP contribution in [0.2, 0.25) is 0 Å². The fraction of sp³-hybridized carbons (Fsp3) is 0.821. The van der Waals surface area contributed by atoms with Gasteiger partial charge in [-0.05, 0) is 98.9 Å². The van der Waals surface area contributed by atoms with Crippen LogP contribution in [-0.4, -0.2) is 40.3 Å². The van der Waals surface area contributed by atoms with Crippen LogP contribution in [0.4, 0.5) is 0 Å². The number of nitrogens with zero attached hydrogens (tertiary/aromatic N) is 1. The van der Waals surface area contributed by atoms with Gasteiger partial charge in [-0.1, -0.05) is 32.4 Å². The van der Waals surface area contributed by atoms with E-state index < -0.39 is 5.97 Å². The number of likely N-dealkylation sites (tertiary alicyclic amines) is 1. The lowest BCUT2D eigenvalue weighted by atomic mass is 9.45. The van der Waals surface area contributed by atoms with Gasteiger partial charge in [-0.15, -0.1) is 0 Å². The third-order valence-electron chi connectivity index (χ3n) is 10.5. The molecule has 0 spiro atoms. The Morgan fingerprint density at radius 2 is 1.78 bits per heavy atom. The fourth-order valence-electron chi connectivity index (χ4n) is 9.00. The van der Waals surface area contributed by atoms with E-state index in [1.54, 1.807) is 0 Å². The van der Waals surface area contributed by atoms with Crippen LogP contribution in [0.15, 0.2) is 22.9 Å². The molecule has 0 aromatic rings. The molecular formula is C28H43NO3. The zero-order valence-corrected chi connectivity index (χ0v) is 20.4. The summed E-state index contributed by atoms with van der Waals surface area (Å²) in [4.78, 5) is 14.5. The second-order valence-corrected chi connectivity index (χ2v) is 12.1. The highest BCUT2D eigenvalue weighted by atomic mass is 16.4. The van der Waals surface area contributed by atoms with Crippen molar-refractivity contribution < 1.29 is 15.0 Å². The molecule has 2 saturated carbocycles. The van der Waals surface area contributed by atoms with E-state index in [-0.39, 0.29) is 23.4 Å². The summed E-state index contributed by atoms with van der Waals surface area (Å²) in [6.07, 6.45) is 13.9. The number of piperidine rings is 1. The lowest BCUT2D eigenvalue weighted by Crippen LogP contribution is -2.53. The average Bonchev–Trinajstić information content (AvgIpc) is 3.05. The van der Waals surface area contributed by atoms with Crippen molar-refractivity contribution in [2.75, 3.05) is 13.1 Å². The normalized spacial score (nSPS) is 43.9. The summed E-state index contributed by atoms with van der Waals surface area (Å²) >= 11 is 0. The monoisotopic (exact) mass is 441 g/mol. The number of fused-ring (bicyclic) bond motifs is 5. The van der Waals surface area contributed by atoms with Crippen molar-refractivity contribution in [3.63, 3.8) is 0 Å². The number of allylic oxidation sites excluding steroid dienone is 2. The molecule has 1 saturated heterocycles. The zero-order valence-electron chi connectivity index (χ0n) is 20.4. The minimum Gasteiger partial charge on any atom is -0.481 e. The molecule has 32 heavy (non-hydrogen) atoms. The van der Waals surface area contributed by atoms with Crippen LogP contribution in [0.1, 0.15) is 91.4 Å². The molecule has 2 N–H and O–H groups in total. The Morgan fingerprint density at radius 1 is 1.06 bits per heavy atom. The van der Waals surface area contributed by atoms with E-state index in [0.717, 1.165) is 45.2 Å². The summed E-state index contributed by atoms with van der Waals surface area (Å²) in [5.74, 6) is 1.75. The first kappa shape index (κ1) is 22.5. The van der Waals surface area contributed by atoms with E-state index in [0.29, 0.717) is 23.7 Å². The van der Waals surface area contributed by atoms with Crippen molar-refractivity contribution in [1.82, 2.24) is 4.90 Å². The van der Waals surface area contributed by atoms with Gasteiger partial charge in [0.1, 0.15) is 0 Å². The lowest BCUT2D eigenvalue weighted by Gasteiger charge is -2.60. The van der Waals surface area contributed by atoms with Gasteiger partial charge in [0.2, 0.25) is 0 Å². The van der Waals surface area contributed by atoms with E-state index in [4.69, 9.17) is 0 Å². The molecule has 5 rings (SSSR count). The number of carboxylic acids is 1. The minimum absolute atomic E-state index is 0.118. The molecule has 5 aliphatic rings. The van der Waals surface area contributed by atoms with Crippen molar-refractivity contribution in [2.24, 2.45) is 34.5 Å². The standard InChI is InChI=1S/C28H43NO3/c1-4-18-14-20-17-21(30)8-10-27(20,2)22-9-11-28(3)23(25(18)22)15-19(16-24(31)32)26(28)29-12-6-5-7-13-29/h14,18,21-23,25,30H,4-13,15-17H2,1-3H3,(H,31,32)/t18-,21-,22-,23-,25+,27-,28-/m0/s1. The number of hydrogen-bond acceptors (Lipinski definition) is 3. The second kappa shape index (κ2) is 8.18. The minimum atomic E-state index is -0.667. The van der Waals surface area contributed by atoms with Gasteiger partial charge in [-0.2, -0.15) is 0 Å². The summed E-state index contributed by atoms with van der Waals surface area (Å²) in [5.41, 5.74) is 4.55. The van der Waals surface area contributed by atoms with Crippen molar-refractivity contribution >= 4 is 5.97 Å². The molecule has 7 atom stereocenters. The predicted molar refractivity (Wildman–Crippen MR) is 127 cm³/mol. The van der Waals surface area contributed by atoms with Gasteiger partial charge in [-0.25, -0.2) is 0 Å². The maximum atomic E-state index is 11.9. The predicted octanol–water partition coefficient (Wildman–Crippen LogP) is 5.77. The second-order valence-electron chi connectivity index (χ2n) is 12.1. The van der Waals surface area contributed by atoms with Gasteiger partial charge in [0, 0.05) is 24.2 Å². The molecule has 0 amide bonds. The van der Waals surface area contributed by atoms with E-state index in [1.165, 1.54) is 48.9 Å². The smallest absolute Gasteiger partial charge is 0.307 e. The molecule has 1 heterocycles. The van der Waals surface area contributed by atoms with Crippen molar-refractivity contribution in [2.45, 2.75) is 97.5 Å². The van der Waals surface area contributed by atoms with Gasteiger partial charge in [0.25, 0.3) is 0 Å².